The Morgan fingerprint density at radius 3 is 2.59 bits per heavy atom. The van der Waals surface area contributed by atoms with Crippen molar-refractivity contribution in [3.8, 4) is 0 Å². The first-order valence-electron chi connectivity index (χ1n) is 7.17. The Hall–Kier alpha value is -2.11. The average molecular weight is 310 g/mol. The number of amides is 2. The summed E-state index contributed by atoms with van der Waals surface area (Å²) in [5.41, 5.74) is -0.120. The topological polar surface area (TPSA) is 58.6 Å². The van der Waals surface area contributed by atoms with Crippen molar-refractivity contribution in [3.05, 3.63) is 30.1 Å². The second kappa shape index (κ2) is 7.77. The standard InChI is InChI=1S/C16H23FN2O3/c1-16(2,3)22-15(21)19(4)10-6-9-14(20)18-13-8-5-7-12(17)11-13/h5,7-8,11H,6,9-10H2,1-4H3,(H,18,20). The van der Waals surface area contributed by atoms with Crippen molar-refractivity contribution < 1.29 is 18.7 Å². The Morgan fingerprint density at radius 2 is 2.00 bits per heavy atom. The van der Waals surface area contributed by atoms with Crippen LogP contribution in [0.15, 0.2) is 24.3 Å². The highest BCUT2D eigenvalue weighted by Gasteiger charge is 2.19. The van der Waals surface area contributed by atoms with E-state index < -0.39 is 17.5 Å². The van der Waals surface area contributed by atoms with E-state index in [1.165, 1.54) is 23.1 Å². The molecule has 0 spiro atoms. The van der Waals surface area contributed by atoms with E-state index in [4.69, 9.17) is 4.74 Å². The van der Waals surface area contributed by atoms with E-state index in [1.807, 2.05) is 0 Å². The van der Waals surface area contributed by atoms with Gasteiger partial charge in [0.15, 0.2) is 0 Å². The molecule has 1 aromatic carbocycles. The van der Waals surface area contributed by atoms with Crippen molar-refractivity contribution in [2.75, 3.05) is 18.9 Å². The first kappa shape index (κ1) is 17.9. The molecule has 0 aliphatic carbocycles. The Labute approximate surface area is 130 Å². The summed E-state index contributed by atoms with van der Waals surface area (Å²) in [6.45, 7) is 5.80. The van der Waals surface area contributed by atoms with Crippen LogP contribution in [0.3, 0.4) is 0 Å². The summed E-state index contributed by atoms with van der Waals surface area (Å²) in [4.78, 5) is 24.9. The van der Waals surface area contributed by atoms with Gasteiger partial charge < -0.3 is 15.0 Å². The van der Waals surface area contributed by atoms with Crippen LogP contribution in [0.2, 0.25) is 0 Å². The molecule has 1 rings (SSSR count). The van der Waals surface area contributed by atoms with Crippen LogP contribution in [0.4, 0.5) is 14.9 Å². The molecule has 0 heterocycles. The highest BCUT2D eigenvalue weighted by Crippen LogP contribution is 2.11. The largest absolute Gasteiger partial charge is 0.444 e. The summed E-state index contributed by atoms with van der Waals surface area (Å²) < 4.78 is 18.2. The van der Waals surface area contributed by atoms with Crippen molar-refractivity contribution in [1.29, 1.82) is 0 Å². The van der Waals surface area contributed by atoms with E-state index >= 15 is 0 Å². The molecule has 5 nitrogen and oxygen atoms in total. The van der Waals surface area contributed by atoms with Crippen molar-refractivity contribution in [1.82, 2.24) is 4.90 Å². The molecule has 0 saturated carbocycles. The van der Waals surface area contributed by atoms with E-state index in [9.17, 15) is 14.0 Å². The Kier molecular flexibility index (Phi) is 6.34. The van der Waals surface area contributed by atoms with Crippen molar-refractivity contribution in [2.45, 2.75) is 39.2 Å². The van der Waals surface area contributed by atoms with Crippen LogP contribution in [0, 0.1) is 5.82 Å². The predicted octanol–water partition coefficient (Wildman–Crippen LogP) is 3.41. The zero-order valence-corrected chi connectivity index (χ0v) is 13.5. The van der Waals surface area contributed by atoms with Gasteiger partial charge in [0.1, 0.15) is 11.4 Å². The Morgan fingerprint density at radius 1 is 1.32 bits per heavy atom. The van der Waals surface area contributed by atoms with Crippen LogP contribution >= 0.6 is 0 Å². The van der Waals surface area contributed by atoms with Gasteiger partial charge in [-0.05, 0) is 45.4 Å². The number of carbonyl (C=O) groups is 2. The van der Waals surface area contributed by atoms with Crippen LogP contribution in [-0.4, -0.2) is 36.1 Å². The van der Waals surface area contributed by atoms with Crippen LogP contribution in [0.25, 0.3) is 0 Å². The van der Waals surface area contributed by atoms with Gasteiger partial charge >= 0.3 is 6.09 Å². The van der Waals surface area contributed by atoms with Gasteiger partial charge in [-0.25, -0.2) is 9.18 Å². The lowest BCUT2D eigenvalue weighted by Crippen LogP contribution is -2.35. The third-order valence-corrected chi connectivity index (χ3v) is 2.71. The molecule has 1 N–H and O–H groups in total. The molecule has 0 aliphatic rings. The summed E-state index contributed by atoms with van der Waals surface area (Å²) in [6.07, 6.45) is 0.318. The van der Waals surface area contributed by atoms with Crippen molar-refractivity contribution in [3.63, 3.8) is 0 Å². The molecule has 122 valence electrons. The van der Waals surface area contributed by atoms with Crippen molar-refractivity contribution in [2.24, 2.45) is 0 Å². The molecule has 0 fully saturated rings. The van der Waals surface area contributed by atoms with Crippen LogP contribution < -0.4 is 5.32 Å². The van der Waals surface area contributed by atoms with E-state index in [2.05, 4.69) is 5.32 Å². The fraction of sp³-hybridized carbons (Fsp3) is 0.500. The highest BCUT2D eigenvalue weighted by molar-refractivity contribution is 5.90. The molecule has 1 aromatic rings. The summed E-state index contributed by atoms with van der Waals surface area (Å²) in [5, 5.41) is 2.61. The minimum atomic E-state index is -0.542. The Balaban J connectivity index is 2.31. The maximum absolute atomic E-state index is 13.0. The number of hydrogen-bond acceptors (Lipinski definition) is 3. The molecule has 0 atom stereocenters. The van der Waals surface area contributed by atoms with Gasteiger partial charge in [-0.15, -0.1) is 0 Å². The van der Waals surface area contributed by atoms with E-state index in [0.717, 1.165) is 0 Å². The Bertz CT molecular complexity index is 526. The van der Waals surface area contributed by atoms with Gasteiger partial charge in [0.25, 0.3) is 0 Å². The molecule has 0 aliphatic heterocycles. The minimum Gasteiger partial charge on any atom is -0.444 e. The first-order chi connectivity index (χ1) is 10.2. The third-order valence-electron chi connectivity index (χ3n) is 2.71. The molecule has 0 unspecified atom stereocenters. The lowest BCUT2D eigenvalue weighted by molar-refractivity contribution is -0.116. The van der Waals surface area contributed by atoms with Gasteiger partial charge in [-0.1, -0.05) is 6.07 Å². The zero-order valence-electron chi connectivity index (χ0n) is 13.5. The monoisotopic (exact) mass is 310 g/mol. The molecule has 2 amide bonds. The molecule has 22 heavy (non-hydrogen) atoms. The fourth-order valence-corrected chi connectivity index (χ4v) is 1.70. The number of carbonyl (C=O) groups excluding carboxylic acids is 2. The molecule has 0 bridgehead atoms. The van der Waals surface area contributed by atoms with Gasteiger partial charge in [0.2, 0.25) is 5.91 Å². The summed E-state index contributed by atoms with van der Waals surface area (Å²) >= 11 is 0. The number of hydrogen-bond donors (Lipinski definition) is 1. The highest BCUT2D eigenvalue weighted by atomic mass is 19.1. The molecular formula is C16H23FN2O3. The first-order valence-corrected chi connectivity index (χ1v) is 7.17. The number of anilines is 1. The summed E-state index contributed by atoms with van der Waals surface area (Å²) in [7, 11) is 1.62. The second-order valence-electron chi connectivity index (χ2n) is 6.06. The fourth-order valence-electron chi connectivity index (χ4n) is 1.70. The zero-order chi connectivity index (χ0) is 16.8. The van der Waals surface area contributed by atoms with Gasteiger partial charge in [-0.3, -0.25) is 4.79 Å². The third kappa shape index (κ3) is 7.06. The number of halogens is 1. The van der Waals surface area contributed by atoms with E-state index in [-0.39, 0.29) is 12.3 Å². The summed E-state index contributed by atoms with van der Waals surface area (Å²) in [5.74, 6) is -0.620. The lowest BCUT2D eigenvalue weighted by Gasteiger charge is -2.24. The smallest absolute Gasteiger partial charge is 0.410 e. The van der Waals surface area contributed by atoms with Crippen LogP contribution in [0.5, 0.6) is 0 Å². The molecule has 6 heteroatoms. The summed E-state index contributed by atoms with van der Waals surface area (Å²) in [6, 6.07) is 5.71. The maximum Gasteiger partial charge on any atom is 0.410 e. The number of nitrogens with one attached hydrogen (secondary N) is 1. The quantitative estimate of drug-likeness (QED) is 0.906. The SMILES string of the molecule is CN(CCCC(=O)Nc1cccc(F)c1)C(=O)OC(C)(C)C. The molecule has 0 aromatic heterocycles. The minimum absolute atomic E-state index is 0.219. The van der Waals surface area contributed by atoms with E-state index in [0.29, 0.717) is 18.7 Å². The van der Waals surface area contributed by atoms with Gasteiger partial charge in [0, 0.05) is 25.7 Å². The second-order valence-corrected chi connectivity index (χ2v) is 6.06. The average Bonchev–Trinajstić information content (AvgIpc) is 2.36. The van der Waals surface area contributed by atoms with Crippen molar-refractivity contribution >= 4 is 17.7 Å². The maximum atomic E-state index is 13.0. The van der Waals surface area contributed by atoms with Crippen LogP contribution in [0.1, 0.15) is 33.6 Å². The predicted molar refractivity (Wildman–Crippen MR) is 83.1 cm³/mol. The lowest BCUT2D eigenvalue weighted by atomic mass is 10.2. The van der Waals surface area contributed by atoms with Crippen LogP contribution in [-0.2, 0) is 9.53 Å². The number of rotatable bonds is 5. The number of ether oxygens (including phenoxy) is 1. The number of benzene rings is 1. The molecule has 0 radical (unpaired) electrons. The number of nitrogens with zero attached hydrogens (tertiary/aromatic N) is 1. The van der Waals surface area contributed by atoms with Gasteiger partial charge in [0.05, 0.1) is 0 Å². The normalized spacial score (nSPS) is 11.0. The molecular weight excluding hydrogens is 287 g/mol. The molecule has 0 saturated heterocycles. The van der Waals surface area contributed by atoms with Gasteiger partial charge in [-0.2, -0.15) is 0 Å². The van der Waals surface area contributed by atoms with E-state index in [1.54, 1.807) is 33.9 Å².